The molecule has 38 heavy (non-hydrogen) atoms. The predicted octanol–water partition coefficient (Wildman–Crippen LogP) is 4.91. The van der Waals surface area contributed by atoms with Gasteiger partial charge in [-0.05, 0) is 55.8 Å². The third-order valence-electron chi connectivity index (χ3n) is 5.97. The molecule has 0 unspecified atom stereocenters. The Morgan fingerprint density at radius 1 is 1.11 bits per heavy atom. The molecule has 0 aliphatic rings. The lowest BCUT2D eigenvalue weighted by molar-refractivity contribution is 0.0600. The van der Waals surface area contributed by atoms with Crippen molar-refractivity contribution in [2.45, 2.75) is 26.9 Å². The standard InChI is InChI=1S/C29H28FN5O3/c1-4-22(23(30)13-12-19(2)17-34-26-11-6-5-10-25(26)32-29(34)31)24-14-15-27(36)35(33-24)18-20-8-7-9-21(16-20)28(37)38-3/h4-16H,17-18H2,1-3H3,(H2,31,32)/b19-12+,22-4+,23-13+. The topological polar surface area (TPSA) is 105 Å². The van der Waals surface area contributed by atoms with Crippen LogP contribution in [-0.4, -0.2) is 32.4 Å². The Hall–Kier alpha value is -4.79. The highest BCUT2D eigenvalue weighted by molar-refractivity contribution is 5.89. The number of esters is 1. The number of hydrogen-bond donors (Lipinski definition) is 1. The van der Waals surface area contributed by atoms with Gasteiger partial charge in [-0.2, -0.15) is 5.10 Å². The van der Waals surface area contributed by atoms with E-state index in [1.54, 1.807) is 43.3 Å². The van der Waals surface area contributed by atoms with Crippen LogP contribution in [0.5, 0.6) is 0 Å². The van der Waals surface area contributed by atoms with Crippen molar-refractivity contribution in [2.75, 3.05) is 12.8 Å². The second-order valence-electron chi connectivity index (χ2n) is 8.68. The fourth-order valence-corrected chi connectivity index (χ4v) is 4.07. The number of methoxy groups -OCH3 is 1. The van der Waals surface area contributed by atoms with Crippen LogP contribution in [-0.2, 0) is 17.8 Å². The fraction of sp³-hybridized carbons (Fsp3) is 0.172. The summed E-state index contributed by atoms with van der Waals surface area (Å²) in [6.07, 6.45) is 4.66. The molecule has 2 heterocycles. The van der Waals surface area contributed by atoms with Crippen LogP contribution in [0.4, 0.5) is 10.3 Å². The number of carbonyl (C=O) groups excluding carboxylic acids is 1. The molecule has 9 heteroatoms. The van der Waals surface area contributed by atoms with E-state index in [2.05, 4.69) is 10.1 Å². The van der Waals surface area contributed by atoms with Crippen LogP contribution in [0.15, 0.2) is 95.1 Å². The molecular weight excluding hydrogens is 485 g/mol. The van der Waals surface area contributed by atoms with Gasteiger partial charge in [-0.1, -0.05) is 42.0 Å². The molecule has 0 spiro atoms. The Bertz CT molecular complexity index is 1650. The van der Waals surface area contributed by atoms with Gasteiger partial charge >= 0.3 is 5.97 Å². The Balaban J connectivity index is 1.56. The molecule has 0 radical (unpaired) electrons. The number of para-hydroxylation sites is 2. The van der Waals surface area contributed by atoms with Gasteiger partial charge in [0.1, 0.15) is 5.83 Å². The van der Waals surface area contributed by atoms with E-state index in [0.717, 1.165) is 16.6 Å². The van der Waals surface area contributed by atoms with Crippen molar-refractivity contribution in [1.82, 2.24) is 19.3 Å². The highest BCUT2D eigenvalue weighted by atomic mass is 19.1. The molecule has 0 amide bonds. The van der Waals surface area contributed by atoms with Gasteiger partial charge in [-0.25, -0.2) is 18.9 Å². The van der Waals surface area contributed by atoms with Crippen LogP contribution in [0.25, 0.3) is 16.6 Å². The Morgan fingerprint density at radius 2 is 1.89 bits per heavy atom. The first-order valence-corrected chi connectivity index (χ1v) is 12.0. The summed E-state index contributed by atoms with van der Waals surface area (Å²) in [5.74, 6) is -0.585. The molecule has 2 N–H and O–H groups in total. The van der Waals surface area contributed by atoms with Crippen molar-refractivity contribution in [3.8, 4) is 0 Å². The van der Waals surface area contributed by atoms with Crippen molar-refractivity contribution < 1.29 is 13.9 Å². The van der Waals surface area contributed by atoms with Crippen LogP contribution >= 0.6 is 0 Å². The minimum atomic E-state index is -0.499. The molecule has 2 aromatic heterocycles. The van der Waals surface area contributed by atoms with E-state index in [4.69, 9.17) is 10.5 Å². The number of benzene rings is 2. The molecule has 0 aliphatic heterocycles. The number of imidazole rings is 1. The zero-order chi connectivity index (χ0) is 27.2. The molecule has 8 nitrogen and oxygen atoms in total. The zero-order valence-corrected chi connectivity index (χ0v) is 21.4. The molecule has 4 aromatic rings. The van der Waals surface area contributed by atoms with Gasteiger partial charge in [-0.15, -0.1) is 0 Å². The summed E-state index contributed by atoms with van der Waals surface area (Å²) < 4.78 is 23.2. The van der Waals surface area contributed by atoms with Crippen molar-refractivity contribution >= 4 is 28.5 Å². The molecule has 194 valence electrons. The number of anilines is 1. The SMILES string of the molecule is C\C=C(/C(F)=C\C=C(/C)Cn1c(N)nc2ccccc21)c1ccc(=O)n(Cc2cccc(C(=O)OC)c2)n1. The first-order chi connectivity index (χ1) is 18.3. The number of rotatable bonds is 8. The largest absolute Gasteiger partial charge is 0.465 e. The summed E-state index contributed by atoms with van der Waals surface area (Å²) in [6.45, 7) is 4.15. The van der Waals surface area contributed by atoms with Crippen LogP contribution in [0.1, 0.15) is 35.5 Å². The van der Waals surface area contributed by atoms with Crippen LogP contribution in [0.2, 0.25) is 0 Å². The number of ether oxygens (including phenoxy) is 1. The quantitative estimate of drug-likeness (QED) is 0.265. The maximum absolute atomic E-state index is 15.3. The van der Waals surface area contributed by atoms with E-state index in [0.29, 0.717) is 29.3 Å². The summed E-state index contributed by atoms with van der Waals surface area (Å²) in [6, 6.07) is 17.2. The number of nitrogens with two attached hydrogens (primary N) is 1. The maximum atomic E-state index is 15.3. The molecule has 2 aromatic carbocycles. The number of aromatic nitrogens is 4. The third-order valence-corrected chi connectivity index (χ3v) is 5.97. The first-order valence-electron chi connectivity index (χ1n) is 12.0. The van der Waals surface area contributed by atoms with Crippen LogP contribution in [0, 0.1) is 0 Å². The van der Waals surface area contributed by atoms with E-state index >= 15 is 4.39 Å². The molecular formula is C29H28FN5O3. The van der Waals surface area contributed by atoms with Gasteiger partial charge in [0.15, 0.2) is 0 Å². The van der Waals surface area contributed by atoms with Gasteiger partial charge in [0.25, 0.3) is 5.56 Å². The summed E-state index contributed by atoms with van der Waals surface area (Å²) in [4.78, 5) is 28.7. The number of halogens is 1. The minimum absolute atomic E-state index is 0.110. The van der Waals surface area contributed by atoms with Gasteiger partial charge in [0.05, 0.1) is 35.9 Å². The van der Waals surface area contributed by atoms with E-state index < -0.39 is 11.8 Å². The van der Waals surface area contributed by atoms with Crippen molar-refractivity contribution in [3.63, 3.8) is 0 Å². The predicted molar refractivity (Wildman–Crippen MR) is 146 cm³/mol. The number of fused-ring (bicyclic) bond motifs is 1. The van der Waals surface area contributed by atoms with E-state index in [1.165, 1.54) is 30.0 Å². The average Bonchev–Trinajstić information content (AvgIpc) is 3.24. The Morgan fingerprint density at radius 3 is 2.66 bits per heavy atom. The normalized spacial score (nSPS) is 12.7. The molecule has 0 saturated carbocycles. The highest BCUT2D eigenvalue weighted by Gasteiger charge is 2.12. The third kappa shape index (κ3) is 5.78. The van der Waals surface area contributed by atoms with Crippen molar-refractivity contribution in [3.05, 3.63) is 117 Å². The van der Waals surface area contributed by atoms with Crippen LogP contribution < -0.4 is 11.3 Å². The maximum Gasteiger partial charge on any atom is 0.337 e. The number of nitrogen functional groups attached to an aromatic ring is 1. The summed E-state index contributed by atoms with van der Waals surface area (Å²) >= 11 is 0. The summed E-state index contributed by atoms with van der Waals surface area (Å²) in [5, 5.41) is 4.38. The van der Waals surface area contributed by atoms with Gasteiger partial charge in [0, 0.05) is 18.2 Å². The average molecular weight is 514 g/mol. The van der Waals surface area contributed by atoms with E-state index in [1.807, 2.05) is 35.8 Å². The summed E-state index contributed by atoms with van der Waals surface area (Å²) in [5.41, 5.74) is 9.91. The molecule has 0 saturated heterocycles. The summed E-state index contributed by atoms with van der Waals surface area (Å²) in [7, 11) is 1.30. The second kappa shape index (κ2) is 11.5. The first kappa shape index (κ1) is 26.3. The lowest BCUT2D eigenvalue weighted by atomic mass is 10.1. The van der Waals surface area contributed by atoms with E-state index in [-0.39, 0.29) is 17.7 Å². The van der Waals surface area contributed by atoms with Crippen molar-refractivity contribution in [1.29, 1.82) is 0 Å². The lowest BCUT2D eigenvalue weighted by Crippen LogP contribution is -2.23. The molecule has 0 aliphatic carbocycles. The van der Waals surface area contributed by atoms with Crippen LogP contribution in [0.3, 0.4) is 0 Å². The fourth-order valence-electron chi connectivity index (χ4n) is 4.07. The Kier molecular flexibility index (Phi) is 7.96. The monoisotopic (exact) mass is 513 g/mol. The highest BCUT2D eigenvalue weighted by Crippen LogP contribution is 2.23. The minimum Gasteiger partial charge on any atom is -0.465 e. The van der Waals surface area contributed by atoms with E-state index in [9.17, 15) is 9.59 Å². The van der Waals surface area contributed by atoms with Gasteiger partial charge in [-0.3, -0.25) is 4.79 Å². The lowest BCUT2D eigenvalue weighted by Gasteiger charge is -2.10. The number of nitrogens with zero attached hydrogens (tertiary/aromatic N) is 4. The molecule has 0 bridgehead atoms. The molecule has 0 fully saturated rings. The Labute approximate surface area is 219 Å². The van der Waals surface area contributed by atoms with Gasteiger partial charge < -0.3 is 15.0 Å². The molecule has 4 rings (SSSR count). The van der Waals surface area contributed by atoms with Crippen molar-refractivity contribution in [2.24, 2.45) is 0 Å². The second-order valence-corrected chi connectivity index (χ2v) is 8.68. The number of hydrogen-bond acceptors (Lipinski definition) is 6. The van der Waals surface area contributed by atoms with Gasteiger partial charge in [0.2, 0.25) is 5.95 Å². The number of allylic oxidation sites excluding steroid dienone is 6. The smallest absolute Gasteiger partial charge is 0.337 e. The molecule has 0 atom stereocenters. The zero-order valence-electron chi connectivity index (χ0n) is 21.4. The number of carbonyl (C=O) groups is 1.